The fraction of sp³-hybridized carbons (Fsp3) is 0.192. The second-order valence-corrected chi connectivity index (χ2v) is 9.10. The zero-order valence-electron chi connectivity index (χ0n) is 17.3. The molecule has 0 radical (unpaired) electrons. The van der Waals surface area contributed by atoms with Gasteiger partial charge in [0.15, 0.2) is 0 Å². The number of hydrogen-bond donors (Lipinski definition) is 1. The number of hydrogen-bond acceptors (Lipinski definition) is 2. The van der Waals surface area contributed by atoms with Crippen molar-refractivity contribution >= 4 is 40.2 Å². The minimum absolute atomic E-state index is 0.0272. The average molecular weight is 450 g/mol. The van der Waals surface area contributed by atoms with Gasteiger partial charge >= 0.3 is 5.97 Å². The second-order valence-electron chi connectivity index (χ2n) is 7.58. The number of fused-ring (bicyclic) bond motifs is 1. The lowest BCUT2D eigenvalue weighted by Gasteiger charge is -2.11. The molecule has 0 bridgehead atoms. The van der Waals surface area contributed by atoms with Crippen molar-refractivity contribution in [1.29, 1.82) is 0 Å². The summed E-state index contributed by atoms with van der Waals surface area (Å²) in [6.45, 7) is 2.77. The van der Waals surface area contributed by atoms with Gasteiger partial charge in [0.2, 0.25) is 0 Å². The van der Waals surface area contributed by atoms with Gasteiger partial charge in [-0.15, -0.1) is 0 Å². The zero-order chi connectivity index (χ0) is 21.8. The monoisotopic (exact) mass is 449 g/mol. The number of nitrogens with zero attached hydrogens (tertiary/aromatic N) is 1. The molecule has 0 aliphatic rings. The molecule has 158 valence electrons. The van der Waals surface area contributed by atoms with Crippen LogP contribution in [0.2, 0.25) is 5.02 Å². The molecule has 0 saturated heterocycles. The first kappa shape index (κ1) is 21.5. The predicted molar refractivity (Wildman–Crippen MR) is 128 cm³/mol. The summed E-state index contributed by atoms with van der Waals surface area (Å²) in [5.41, 5.74) is 4.25. The van der Waals surface area contributed by atoms with Crippen LogP contribution < -0.4 is 0 Å². The Labute approximate surface area is 191 Å². The van der Waals surface area contributed by atoms with E-state index in [0.29, 0.717) is 11.6 Å². The van der Waals surface area contributed by atoms with Crippen LogP contribution in [0.15, 0.2) is 82.6 Å². The van der Waals surface area contributed by atoms with Gasteiger partial charge in [0.1, 0.15) is 0 Å². The Morgan fingerprint density at radius 1 is 1.00 bits per heavy atom. The molecule has 0 fully saturated rings. The van der Waals surface area contributed by atoms with E-state index in [4.69, 9.17) is 11.6 Å². The number of halogens is 1. The quantitative estimate of drug-likeness (QED) is 0.312. The van der Waals surface area contributed by atoms with Crippen molar-refractivity contribution in [3.63, 3.8) is 0 Å². The molecule has 1 heterocycles. The van der Waals surface area contributed by atoms with Crippen LogP contribution in [0.4, 0.5) is 0 Å². The highest BCUT2D eigenvalue weighted by atomic mass is 35.5. The third kappa shape index (κ3) is 4.97. The highest BCUT2D eigenvalue weighted by Crippen LogP contribution is 2.40. The number of rotatable bonds is 8. The van der Waals surface area contributed by atoms with Gasteiger partial charge in [-0.3, -0.25) is 4.79 Å². The fourth-order valence-electron chi connectivity index (χ4n) is 3.86. The van der Waals surface area contributed by atoms with Crippen molar-refractivity contribution in [1.82, 2.24) is 4.57 Å². The molecular weight excluding hydrogens is 426 g/mol. The average Bonchev–Trinajstić information content (AvgIpc) is 3.02. The van der Waals surface area contributed by atoms with Gasteiger partial charge < -0.3 is 9.67 Å². The second kappa shape index (κ2) is 9.63. The molecule has 1 N–H and O–H groups in total. The molecular formula is C26H24ClNO2S. The van der Waals surface area contributed by atoms with Crippen LogP contribution >= 0.6 is 23.4 Å². The molecule has 1 aromatic heterocycles. The number of carboxylic acid groups (broad SMARTS) is 1. The number of aliphatic carboxylic acids is 1. The van der Waals surface area contributed by atoms with Crippen LogP contribution in [0.3, 0.4) is 0 Å². The van der Waals surface area contributed by atoms with Gasteiger partial charge in [-0.05, 0) is 53.9 Å². The first-order chi connectivity index (χ1) is 15.0. The fourth-order valence-corrected chi connectivity index (χ4v) is 5.09. The lowest BCUT2D eigenvalue weighted by atomic mass is 10.1. The molecule has 31 heavy (non-hydrogen) atoms. The Hall–Kier alpha value is -2.69. The normalized spacial score (nSPS) is 11.2. The number of carboxylic acids is 1. The van der Waals surface area contributed by atoms with Crippen molar-refractivity contribution in [3.8, 4) is 0 Å². The Morgan fingerprint density at radius 2 is 1.71 bits per heavy atom. The highest BCUT2D eigenvalue weighted by molar-refractivity contribution is 7.99. The molecule has 4 aromatic rings. The molecule has 3 aromatic carbocycles. The smallest absolute Gasteiger partial charge is 0.309 e. The molecule has 0 aliphatic heterocycles. The van der Waals surface area contributed by atoms with E-state index in [-0.39, 0.29) is 6.42 Å². The van der Waals surface area contributed by atoms with Gasteiger partial charge in [0, 0.05) is 38.0 Å². The maximum Gasteiger partial charge on any atom is 0.309 e. The molecule has 0 amide bonds. The summed E-state index contributed by atoms with van der Waals surface area (Å²) in [5, 5.41) is 11.5. The lowest BCUT2D eigenvalue weighted by molar-refractivity contribution is -0.136. The Kier molecular flexibility index (Phi) is 6.69. The van der Waals surface area contributed by atoms with E-state index in [0.717, 1.165) is 44.8 Å². The topological polar surface area (TPSA) is 42.2 Å². The number of aromatic nitrogens is 1. The van der Waals surface area contributed by atoms with E-state index in [9.17, 15) is 9.90 Å². The number of carbonyl (C=O) groups is 1. The summed E-state index contributed by atoms with van der Waals surface area (Å²) in [6.07, 6.45) is 2.04. The summed E-state index contributed by atoms with van der Waals surface area (Å²) in [7, 11) is 0. The largest absolute Gasteiger partial charge is 0.481 e. The van der Waals surface area contributed by atoms with Crippen molar-refractivity contribution in [3.05, 3.63) is 94.6 Å². The molecule has 0 saturated carbocycles. The number of aryl methyl sites for hydroxylation is 1. The van der Waals surface area contributed by atoms with Gasteiger partial charge in [-0.2, -0.15) is 0 Å². The van der Waals surface area contributed by atoms with Crippen LogP contribution in [0.5, 0.6) is 0 Å². The summed E-state index contributed by atoms with van der Waals surface area (Å²) >= 11 is 7.70. The van der Waals surface area contributed by atoms with E-state index in [2.05, 4.69) is 41.8 Å². The molecule has 0 aliphatic carbocycles. The van der Waals surface area contributed by atoms with Gasteiger partial charge in [0.05, 0.1) is 6.42 Å². The van der Waals surface area contributed by atoms with Crippen LogP contribution in [0.25, 0.3) is 10.9 Å². The minimum atomic E-state index is -0.830. The summed E-state index contributed by atoms with van der Waals surface area (Å²) in [4.78, 5) is 14.0. The van der Waals surface area contributed by atoms with E-state index in [1.165, 1.54) is 5.56 Å². The molecule has 0 unspecified atom stereocenters. The SMILES string of the molecule is CCCc1ccc2c(c1)c(Sc1ccccc1)c(CC(=O)O)n2Cc1ccc(Cl)cc1. The van der Waals surface area contributed by atoms with Gasteiger partial charge in [-0.1, -0.05) is 73.1 Å². The van der Waals surface area contributed by atoms with Crippen LogP contribution in [-0.4, -0.2) is 15.6 Å². The maximum absolute atomic E-state index is 11.8. The van der Waals surface area contributed by atoms with Crippen molar-refractivity contribution in [2.24, 2.45) is 0 Å². The molecule has 0 atom stereocenters. The summed E-state index contributed by atoms with van der Waals surface area (Å²) in [5.74, 6) is -0.830. The van der Waals surface area contributed by atoms with Crippen molar-refractivity contribution in [2.45, 2.75) is 42.5 Å². The van der Waals surface area contributed by atoms with Crippen LogP contribution in [0.1, 0.15) is 30.2 Å². The third-order valence-corrected chi connectivity index (χ3v) is 6.68. The molecule has 3 nitrogen and oxygen atoms in total. The first-order valence-electron chi connectivity index (χ1n) is 10.4. The highest BCUT2D eigenvalue weighted by Gasteiger charge is 2.21. The minimum Gasteiger partial charge on any atom is -0.481 e. The Bertz CT molecular complexity index is 1200. The summed E-state index contributed by atoms with van der Waals surface area (Å²) in [6, 6.07) is 24.4. The molecule has 0 spiro atoms. The van der Waals surface area contributed by atoms with Gasteiger partial charge in [-0.25, -0.2) is 0 Å². The van der Waals surface area contributed by atoms with Crippen LogP contribution in [-0.2, 0) is 24.2 Å². The van der Waals surface area contributed by atoms with E-state index < -0.39 is 5.97 Å². The zero-order valence-corrected chi connectivity index (χ0v) is 18.9. The Morgan fingerprint density at radius 3 is 2.39 bits per heavy atom. The maximum atomic E-state index is 11.8. The third-order valence-electron chi connectivity index (χ3n) is 5.26. The first-order valence-corrected chi connectivity index (χ1v) is 11.6. The lowest BCUT2D eigenvalue weighted by Crippen LogP contribution is -2.10. The van der Waals surface area contributed by atoms with E-state index in [1.54, 1.807) is 11.8 Å². The van der Waals surface area contributed by atoms with Crippen LogP contribution in [0, 0.1) is 0 Å². The van der Waals surface area contributed by atoms with E-state index >= 15 is 0 Å². The predicted octanol–water partition coefficient (Wildman–Crippen LogP) is 7.07. The van der Waals surface area contributed by atoms with E-state index in [1.807, 2.05) is 42.5 Å². The van der Waals surface area contributed by atoms with Crippen molar-refractivity contribution < 1.29 is 9.90 Å². The van der Waals surface area contributed by atoms with Crippen molar-refractivity contribution in [2.75, 3.05) is 0 Å². The molecule has 5 heteroatoms. The Balaban J connectivity index is 1.90. The summed E-state index contributed by atoms with van der Waals surface area (Å²) < 4.78 is 2.15. The standard InChI is InChI=1S/C26H24ClNO2S/c1-2-6-18-11-14-23-22(15-18)26(31-21-7-4-3-5-8-21)24(16-25(29)30)28(23)17-19-9-12-20(27)13-10-19/h3-5,7-15H,2,6,16-17H2,1H3,(H,29,30). The number of benzene rings is 3. The molecule has 4 rings (SSSR count). The van der Waals surface area contributed by atoms with Gasteiger partial charge in [0.25, 0.3) is 0 Å².